The molecular weight excluding hydrogens is 432 g/mol. The number of rotatable bonds is 9. The van der Waals surface area contributed by atoms with Gasteiger partial charge >= 0.3 is 0 Å². The number of carbonyl (C=O) groups is 2. The molecule has 0 spiro atoms. The molecule has 0 aliphatic carbocycles. The Hall–Kier alpha value is -4.26. The first-order valence-electron chi connectivity index (χ1n) is 11.0. The van der Waals surface area contributed by atoms with E-state index in [0.29, 0.717) is 40.8 Å². The van der Waals surface area contributed by atoms with Gasteiger partial charge in [-0.1, -0.05) is 43.3 Å². The van der Waals surface area contributed by atoms with Gasteiger partial charge in [0.2, 0.25) is 0 Å². The fourth-order valence-electron chi connectivity index (χ4n) is 3.73. The third kappa shape index (κ3) is 4.45. The molecule has 2 amide bonds. The van der Waals surface area contributed by atoms with Crippen LogP contribution in [0.15, 0.2) is 78.5 Å². The van der Waals surface area contributed by atoms with Crippen molar-refractivity contribution in [1.82, 2.24) is 0 Å². The van der Waals surface area contributed by atoms with Crippen molar-refractivity contribution in [2.45, 2.75) is 13.3 Å². The van der Waals surface area contributed by atoms with Crippen LogP contribution < -0.4 is 24.4 Å². The molecule has 174 valence electrons. The van der Waals surface area contributed by atoms with E-state index in [1.165, 1.54) is 7.11 Å². The van der Waals surface area contributed by atoms with Crippen molar-refractivity contribution in [1.29, 1.82) is 0 Å². The lowest BCUT2D eigenvalue weighted by molar-refractivity contribution is -0.120. The van der Waals surface area contributed by atoms with Gasteiger partial charge < -0.3 is 19.5 Å². The van der Waals surface area contributed by atoms with Gasteiger partial charge in [-0.2, -0.15) is 0 Å². The molecule has 34 heavy (non-hydrogen) atoms. The summed E-state index contributed by atoms with van der Waals surface area (Å²) >= 11 is 0. The van der Waals surface area contributed by atoms with Crippen molar-refractivity contribution in [2.24, 2.45) is 0 Å². The number of ether oxygens (including phenoxy) is 3. The maximum absolute atomic E-state index is 13.7. The lowest BCUT2D eigenvalue weighted by Gasteiger charge is -2.17. The molecule has 7 heteroatoms. The fourth-order valence-corrected chi connectivity index (χ4v) is 3.73. The van der Waals surface area contributed by atoms with E-state index < -0.39 is 11.8 Å². The predicted octanol–water partition coefficient (Wildman–Crippen LogP) is 4.89. The number of imide groups is 1. The average molecular weight is 459 g/mol. The Bertz CT molecular complexity index is 1240. The molecular formula is C27H26N2O5. The first kappa shape index (κ1) is 22.9. The summed E-state index contributed by atoms with van der Waals surface area (Å²) in [4.78, 5) is 28.4. The Balaban J connectivity index is 1.79. The summed E-state index contributed by atoms with van der Waals surface area (Å²) in [5.74, 6) is 0.792. The van der Waals surface area contributed by atoms with E-state index in [-0.39, 0.29) is 11.3 Å². The number of amides is 2. The normalized spacial score (nSPS) is 13.3. The third-order valence-electron chi connectivity index (χ3n) is 5.36. The smallest absolute Gasteiger partial charge is 0.282 e. The first-order valence-corrected chi connectivity index (χ1v) is 11.0. The molecule has 0 aromatic heterocycles. The Morgan fingerprint density at radius 2 is 1.62 bits per heavy atom. The predicted molar refractivity (Wildman–Crippen MR) is 131 cm³/mol. The van der Waals surface area contributed by atoms with E-state index in [1.54, 1.807) is 61.7 Å². The van der Waals surface area contributed by atoms with Gasteiger partial charge in [-0.3, -0.25) is 9.59 Å². The van der Waals surface area contributed by atoms with Crippen molar-refractivity contribution >= 4 is 28.8 Å². The van der Waals surface area contributed by atoms with Gasteiger partial charge in [0, 0.05) is 12.1 Å². The molecule has 7 nitrogen and oxygen atoms in total. The lowest BCUT2D eigenvalue weighted by Crippen LogP contribution is -2.32. The Morgan fingerprint density at radius 3 is 2.32 bits per heavy atom. The van der Waals surface area contributed by atoms with Gasteiger partial charge in [-0.15, -0.1) is 0 Å². The lowest BCUT2D eigenvalue weighted by atomic mass is 10.0. The van der Waals surface area contributed by atoms with Crippen molar-refractivity contribution in [2.75, 3.05) is 31.0 Å². The SMILES string of the molecule is CCCOc1cccc(N2C(=O)C(Nc3cc(OC)ccc3OC)=C(c3ccccc3)C2=O)c1. The number of carbonyl (C=O) groups excluding carboxylic acids is 2. The highest BCUT2D eigenvalue weighted by Gasteiger charge is 2.40. The van der Waals surface area contributed by atoms with Crippen LogP contribution in [-0.2, 0) is 9.59 Å². The van der Waals surface area contributed by atoms with Crippen LogP contribution in [0.2, 0.25) is 0 Å². The van der Waals surface area contributed by atoms with E-state index in [2.05, 4.69) is 5.32 Å². The van der Waals surface area contributed by atoms with Crippen LogP contribution in [-0.4, -0.2) is 32.6 Å². The van der Waals surface area contributed by atoms with E-state index >= 15 is 0 Å². The van der Waals surface area contributed by atoms with Crippen molar-refractivity contribution in [3.05, 3.63) is 84.1 Å². The highest BCUT2D eigenvalue weighted by Crippen LogP contribution is 2.37. The monoisotopic (exact) mass is 458 g/mol. The Morgan fingerprint density at radius 1 is 0.824 bits per heavy atom. The molecule has 0 atom stereocenters. The number of methoxy groups -OCH3 is 2. The molecule has 0 unspecified atom stereocenters. The molecule has 0 saturated carbocycles. The van der Waals surface area contributed by atoms with Crippen LogP contribution in [0.3, 0.4) is 0 Å². The van der Waals surface area contributed by atoms with E-state index in [4.69, 9.17) is 14.2 Å². The second-order valence-electron chi connectivity index (χ2n) is 7.60. The molecule has 1 N–H and O–H groups in total. The Kier molecular flexibility index (Phi) is 6.82. The maximum Gasteiger partial charge on any atom is 0.282 e. The van der Waals surface area contributed by atoms with Gasteiger partial charge in [0.05, 0.1) is 37.8 Å². The number of nitrogens with one attached hydrogen (secondary N) is 1. The standard InChI is InChI=1S/C27H26N2O5/c1-4-15-34-21-12-8-11-19(16-21)29-26(30)24(18-9-6-5-7-10-18)25(27(29)31)28-22-17-20(32-2)13-14-23(22)33-3/h5-14,16-17,28H,4,15H2,1-3H3. The van der Waals surface area contributed by atoms with Gasteiger partial charge in [0.15, 0.2) is 0 Å². The molecule has 1 aliphatic heterocycles. The summed E-state index contributed by atoms with van der Waals surface area (Å²) in [6.45, 7) is 2.56. The summed E-state index contributed by atoms with van der Waals surface area (Å²) in [6.07, 6.45) is 0.849. The van der Waals surface area contributed by atoms with Gasteiger partial charge in [0.25, 0.3) is 11.8 Å². The molecule has 1 aliphatic rings. The fraction of sp³-hybridized carbons (Fsp3) is 0.185. The molecule has 0 radical (unpaired) electrons. The molecule has 0 saturated heterocycles. The van der Waals surface area contributed by atoms with Crippen LogP contribution >= 0.6 is 0 Å². The van der Waals surface area contributed by atoms with Gasteiger partial charge in [-0.25, -0.2) is 4.90 Å². The number of hydrogen-bond donors (Lipinski definition) is 1. The summed E-state index contributed by atoms with van der Waals surface area (Å²) in [5.41, 5.74) is 2.00. The zero-order valence-corrected chi connectivity index (χ0v) is 19.3. The summed E-state index contributed by atoms with van der Waals surface area (Å²) < 4.78 is 16.5. The number of anilines is 2. The van der Waals surface area contributed by atoms with Crippen LogP contribution in [0, 0.1) is 0 Å². The zero-order valence-electron chi connectivity index (χ0n) is 19.3. The second-order valence-corrected chi connectivity index (χ2v) is 7.60. The number of benzene rings is 3. The van der Waals surface area contributed by atoms with Gasteiger partial charge in [0.1, 0.15) is 22.9 Å². The summed E-state index contributed by atoms with van der Waals surface area (Å²) in [6, 6.07) is 21.3. The highest BCUT2D eigenvalue weighted by atomic mass is 16.5. The highest BCUT2D eigenvalue weighted by molar-refractivity contribution is 6.46. The van der Waals surface area contributed by atoms with E-state index in [9.17, 15) is 9.59 Å². The quantitative estimate of drug-likeness (QED) is 0.460. The largest absolute Gasteiger partial charge is 0.497 e. The minimum absolute atomic E-state index is 0.155. The minimum Gasteiger partial charge on any atom is -0.497 e. The van der Waals surface area contributed by atoms with E-state index in [1.807, 2.05) is 25.1 Å². The molecule has 4 rings (SSSR count). The van der Waals surface area contributed by atoms with Crippen LogP contribution in [0.5, 0.6) is 17.2 Å². The Labute approximate surface area is 198 Å². The van der Waals surface area contributed by atoms with Crippen LogP contribution in [0.1, 0.15) is 18.9 Å². The van der Waals surface area contributed by atoms with Crippen LogP contribution in [0.25, 0.3) is 5.57 Å². The van der Waals surface area contributed by atoms with Crippen molar-refractivity contribution < 1.29 is 23.8 Å². The van der Waals surface area contributed by atoms with Gasteiger partial charge in [-0.05, 0) is 36.2 Å². The zero-order chi connectivity index (χ0) is 24.1. The molecule has 0 bridgehead atoms. The van der Waals surface area contributed by atoms with Crippen molar-refractivity contribution in [3.8, 4) is 17.2 Å². The molecule has 1 heterocycles. The molecule has 0 fully saturated rings. The average Bonchev–Trinajstić information content (AvgIpc) is 3.12. The number of hydrogen-bond acceptors (Lipinski definition) is 6. The number of nitrogens with zero attached hydrogens (tertiary/aromatic N) is 1. The van der Waals surface area contributed by atoms with Crippen LogP contribution in [0.4, 0.5) is 11.4 Å². The third-order valence-corrected chi connectivity index (χ3v) is 5.36. The van der Waals surface area contributed by atoms with E-state index in [0.717, 1.165) is 11.3 Å². The summed E-state index contributed by atoms with van der Waals surface area (Å²) in [7, 11) is 3.09. The molecule has 3 aromatic rings. The minimum atomic E-state index is -0.471. The maximum atomic E-state index is 13.7. The second kappa shape index (κ2) is 10.1. The summed E-state index contributed by atoms with van der Waals surface area (Å²) in [5, 5.41) is 3.14. The first-order chi connectivity index (χ1) is 16.6. The topological polar surface area (TPSA) is 77.1 Å². The molecule has 3 aromatic carbocycles. The van der Waals surface area contributed by atoms with Crippen molar-refractivity contribution in [3.63, 3.8) is 0 Å².